The number of aromatic nitrogens is 1. The van der Waals surface area contributed by atoms with E-state index in [9.17, 15) is 4.79 Å². The highest BCUT2D eigenvalue weighted by atomic mass is 35.5. The fourth-order valence-corrected chi connectivity index (χ4v) is 2.17. The minimum atomic E-state index is 0.0863. The summed E-state index contributed by atoms with van der Waals surface area (Å²) in [6, 6.07) is 9.35. The average Bonchev–Trinajstić information content (AvgIpc) is 3.29. The zero-order valence-electron chi connectivity index (χ0n) is 11.7. The molecule has 21 heavy (non-hydrogen) atoms. The minimum absolute atomic E-state index is 0.0863. The summed E-state index contributed by atoms with van der Waals surface area (Å²) in [5.74, 6) is 0.991. The van der Waals surface area contributed by atoms with Gasteiger partial charge in [0.2, 0.25) is 5.91 Å². The molecule has 1 aliphatic carbocycles. The first-order valence-corrected chi connectivity index (χ1v) is 7.30. The number of carbonyl (C=O) groups excluding carboxylic acids is 1. The van der Waals surface area contributed by atoms with Crippen LogP contribution in [0.15, 0.2) is 36.5 Å². The number of hydrogen-bond acceptors (Lipinski definition) is 3. The monoisotopic (exact) mass is 301 g/mol. The van der Waals surface area contributed by atoms with E-state index in [4.69, 9.17) is 11.6 Å². The number of rotatable bonds is 4. The van der Waals surface area contributed by atoms with E-state index in [-0.39, 0.29) is 11.8 Å². The number of amides is 1. The van der Waals surface area contributed by atoms with E-state index in [1.54, 1.807) is 6.20 Å². The number of anilines is 3. The summed E-state index contributed by atoms with van der Waals surface area (Å²) in [5, 5.41) is 6.76. The van der Waals surface area contributed by atoms with Crippen molar-refractivity contribution in [1.29, 1.82) is 0 Å². The first-order chi connectivity index (χ1) is 10.1. The van der Waals surface area contributed by atoms with E-state index in [1.807, 2.05) is 37.3 Å². The first-order valence-electron chi connectivity index (χ1n) is 6.92. The van der Waals surface area contributed by atoms with Gasteiger partial charge in [-0.1, -0.05) is 17.7 Å². The molecule has 0 saturated heterocycles. The van der Waals surface area contributed by atoms with E-state index >= 15 is 0 Å². The Morgan fingerprint density at radius 1 is 1.29 bits per heavy atom. The number of halogens is 1. The molecule has 1 aliphatic rings. The molecule has 1 amide bonds. The van der Waals surface area contributed by atoms with Gasteiger partial charge in [0.05, 0.1) is 11.9 Å². The van der Waals surface area contributed by atoms with Crippen molar-refractivity contribution in [1.82, 2.24) is 4.98 Å². The molecular formula is C16H16ClN3O. The van der Waals surface area contributed by atoms with Crippen LogP contribution in [0.25, 0.3) is 0 Å². The summed E-state index contributed by atoms with van der Waals surface area (Å²) in [6.07, 6.45) is 3.64. The molecule has 3 rings (SSSR count). The topological polar surface area (TPSA) is 54.0 Å². The Labute approximate surface area is 128 Å². The number of nitrogens with zero attached hydrogens (tertiary/aromatic N) is 1. The molecule has 1 fully saturated rings. The Morgan fingerprint density at radius 3 is 2.76 bits per heavy atom. The van der Waals surface area contributed by atoms with E-state index < -0.39 is 0 Å². The highest BCUT2D eigenvalue weighted by Gasteiger charge is 2.29. The lowest BCUT2D eigenvalue weighted by atomic mass is 10.2. The van der Waals surface area contributed by atoms with Gasteiger partial charge in [0.15, 0.2) is 0 Å². The normalized spacial score (nSPS) is 13.8. The van der Waals surface area contributed by atoms with E-state index in [0.717, 1.165) is 29.8 Å². The molecule has 0 atom stereocenters. The van der Waals surface area contributed by atoms with Gasteiger partial charge < -0.3 is 10.6 Å². The maximum atomic E-state index is 11.7. The van der Waals surface area contributed by atoms with Crippen molar-refractivity contribution in [2.45, 2.75) is 19.8 Å². The maximum Gasteiger partial charge on any atom is 0.227 e. The third-order valence-corrected chi connectivity index (χ3v) is 3.68. The smallest absolute Gasteiger partial charge is 0.227 e. The van der Waals surface area contributed by atoms with Crippen molar-refractivity contribution in [2.75, 3.05) is 10.6 Å². The van der Waals surface area contributed by atoms with Gasteiger partial charge in [-0.15, -0.1) is 0 Å². The van der Waals surface area contributed by atoms with Crippen LogP contribution >= 0.6 is 11.6 Å². The third kappa shape index (κ3) is 3.52. The molecule has 108 valence electrons. The van der Waals surface area contributed by atoms with Crippen LogP contribution in [-0.4, -0.2) is 10.9 Å². The van der Waals surface area contributed by atoms with E-state index in [2.05, 4.69) is 15.6 Å². The van der Waals surface area contributed by atoms with E-state index in [0.29, 0.717) is 10.8 Å². The molecule has 0 bridgehead atoms. The highest BCUT2D eigenvalue weighted by molar-refractivity contribution is 6.30. The van der Waals surface area contributed by atoms with Gasteiger partial charge in [0.1, 0.15) is 5.82 Å². The molecule has 2 N–H and O–H groups in total. The standard InChI is InChI=1S/C16H16ClN3O/c1-10-2-5-12(17)8-14(10)20-15-7-6-13(9-18-15)19-16(21)11-3-4-11/h2,5-9,11H,3-4H2,1H3,(H,18,20)(H,19,21). The van der Waals surface area contributed by atoms with Gasteiger partial charge in [-0.3, -0.25) is 4.79 Å². The second-order valence-corrected chi connectivity index (χ2v) is 5.72. The van der Waals surface area contributed by atoms with Crippen LogP contribution < -0.4 is 10.6 Å². The number of carbonyl (C=O) groups is 1. The molecule has 1 saturated carbocycles. The molecule has 0 aliphatic heterocycles. The van der Waals surface area contributed by atoms with Crippen molar-refractivity contribution >= 4 is 34.7 Å². The van der Waals surface area contributed by atoms with Crippen molar-refractivity contribution in [3.8, 4) is 0 Å². The quantitative estimate of drug-likeness (QED) is 0.892. The summed E-state index contributed by atoms with van der Waals surface area (Å²) in [6.45, 7) is 2.00. The zero-order valence-corrected chi connectivity index (χ0v) is 12.4. The number of hydrogen-bond donors (Lipinski definition) is 2. The Hall–Kier alpha value is -2.07. The molecular weight excluding hydrogens is 286 g/mol. The molecule has 0 radical (unpaired) electrons. The highest BCUT2D eigenvalue weighted by Crippen LogP contribution is 2.30. The predicted octanol–water partition coefficient (Wildman–Crippen LogP) is 4.14. The summed E-state index contributed by atoms with van der Waals surface area (Å²) < 4.78 is 0. The van der Waals surface area contributed by atoms with Crippen molar-refractivity contribution in [2.24, 2.45) is 5.92 Å². The Balaban J connectivity index is 1.68. The average molecular weight is 302 g/mol. The van der Waals surface area contributed by atoms with Crippen LogP contribution in [0.5, 0.6) is 0 Å². The lowest BCUT2D eigenvalue weighted by Crippen LogP contribution is -2.13. The number of benzene rings is 1. The van der Waals surface area contributed by atoms with Crippen LogP contribution in [0.3, 0.4) is 0 Å². The van der Waals surface area contributed by atoms with Gasteiger partial charge in [-0.05, 0) is 49.6 Å². The molecule has 4 nitrogen and oxygen atoms in total. The SMILES string of the molecule is Cc1ccc(Cl)cc1Nc1ccc(NC(=O)C2CC2)cn1. The predicted molar refractivity (Wildman–Crippen MR) is 85.1 cm³/mol. The number of pyridine rings is 1. The van der Waals surface area contributed by atoms with Gasteiger partial charge in [-0.2, -0.15) is 0 Å². The first kappa shape index (κ1) is 13.9. The molecule has 0 spiro atoms. The summed E-state index contributed by atoms with van der Waals surface area (Å²) in [4.78, 5) is 16.0. The second kappa shape index (κ2) is 5.74. The molecule has 1 heterocycles. The molecule has 5 heteroatoms. The second-order valence-electron chi connectivity index (χ2n) is 5.28. The Bertz CT molecular complexity index is 666. The van der Waals surface area contributed by atoms with Crippen LogP contribution in [0.1, 0.15) is 18.4 Å². The Morgan fingerprint density at radius 2 is 2.10 bits per heavy atom. The van der Waals surface area contributed by atoms with Crippen LogP contribution in [-0.2, 0) is 4.79 Å². The zero-order chi connectivity index (χ0) is 14.8. The van der Waals surface area contributed by atoms with Crippen molar-refractivity contribution in [3.63, 3.8) is 0 Å². The van der Waals surface area contributed by atoms with Gasteiger partial charge in [0.25, 0.3) is 0 Å². The minimum Gasteiger partial charge on any atom is -0.340 e. The van der Waals surface area contributed by atoms with Crippen molar-refractivity contribution < 1.29 is 4.79 Å². The van der Waals surface area contributed by atoms with Crippen LogP contribution in [0, 0.1) is 12.8 Å². The largest absolute Gasteiger partial charge is 0.340 e. The van der Waals surface area contributed by atoms with Crippen molar-refractivity contribution in [3.05, 3.63) is 47.1 Å². The lowest BCUT2D eigenvalue weighted by Gasteiger charge is -2.10. The molecule has 1 aromatic heterocycles. The van der Waals surface area contributed by atoms with Crippen LogP contribution in [0.4, 0.5) is 17.2 Å². The maximum absolute atomic E-state index is 11.7. The molecule has 1 aromatic carbocycles. The summed E-state index contributed by atoms with van der Waals surface area (Å²) in [7, 11) is 0. The fourth-order valence-electron chi connectivity index (χ4n) is 2.00. The molecule has 0 unspecified atom stereocenters. The van der Waals surface area contributed by atoms with Gasteiger partial charge >= 0.3 is 0 Å². The third-order valence-electron chi connectivity index (χ3n) is 3.44. The summed E-state index contributed by atoms with van der Waals surface area (Å²) in [5.41, 5.74) is 2.73. The van der Waals surface area contributed by atoms with E-state index in [1.165, 1.54) is 0 Å². The van der Waals surface area contributed by atoms with Gasteiger partial charge in [-0.25, -0.2) is 4.98 Å². The number of nitrogens with one attached hydrogen (secondary N) is 2. The van der Waals surface area contributed by atoms with Gasteiger partial charge in [0, 0.05) is 16.6 Å². The Kier molecular flexibility index (Phi) is 3.80. The number of aryl methyl sites for hydroxylation is 1. The fraction of sp³-hybridized carbons (Fsp3) is 0.250. The van der Waals surface area contributed by atoms with Crippen LogP contribution in [0.2, 0.25) is 5.02 Å². The lowest BCUT2D eigenvalue weighted by molar-refractivity contribution is -0.117. The molecule has 2 aromatic rings. The summed E-state index contributed by atoms with van der Waals surface area (Å²) >= 11 is 5.99.